The number of imide groups is 1. The Balaban J connectivity index is 1.59. The van der Waals surface area contributed by atoms with E-state index in [1.165, 1.54) is 35.7 Å². The topological polar surface area (TPSA) is 88.6 Å². The van der Waals surface area contributed by atoms with Gasteiger partial charge in [0.15, 0.2) is 5.13 Å². The van der Waals surface area contributed by atoms with Gasteiger partial charge >= 0.3 is 0 Å². The highest BCUT2D eigenvalue weighted by Gasteiger charge is 2.38. The van der Waals surface area contributed by atoms with Gasteiger partial charge in [-0.1, -0.05) is 0 Å². The number of carbonyl (C=O) groups excluding carboxylic acids is 3. The number of ether oxygens (including phenoxy) is 1. The van der Waals surface area contributed by atoms with E-state index in [9.17, 15) is 14.4 Å². The summed E-state index contributed by atoms with van der Waals surface area (Å²) in [6.45, 7) is 0. The maximum Gasteiger partial charge on any atom is 0.268 e. The summed E-state index contributed by atoms with van der Waals surface area (Å²) >= 11 is 1.20. The minimum Gasteiger partial charge on any atom is -0.497 e. The number of anilines is 2. The van der Waals surface area contributed by atoms with Crippen molar-refractivity contribution < 1.29 is 19.1 Å². The Labute approximate surface area is 158 Å². The van der Waals surface area contributed by atoms with Crippen LogP contribution in [0, 0.1) is 0 Å². The molecule has 4 rings (SSSR count). The molecule has 0 bridgehead atoms. The van der Waals surface area contributed by atoms with Crippen molar-refractivity contribution in [2.24, 2.45) is 0 Å². The van der Waals surface area contributed by atoms with E-state index >= 15 is 0 Å². The first-order chi connectivity index (χ1) is 13.1. The van der Waals surface area contributed by atoms with Gasteiger partial charge in [-0.25, -0.2) is 9.88 Å². The first-order valence-electron chi connectivity index (χ1n) is 7.96. The largest absolute Gasteiger partial charge is 0.497 e. The van der Waals surface area contributed by atoms with Gasteiger partial charge in [-0.3, -0.25) is 14.4 Å². The number of fused-ring (bicyclic) bond motifs is 1. The SMILES string of the molecule is COc1ccc(NC(=O)c2ccc3c(c2)C(=O)N(c2nccs2)C3=O)cc1. The fraction of sp³-hybridized carbons (Fsp3) is 0.0526. The zero-order valence-electron chi connectivity index (χ0n) is 14.1. The quantitative estimate of drug-likeness (QED) is 0.703. The number of benzene rings is 2. The lowest BCUT2D eigenvalue weighted by Gasteiger charge is -2.08. The van der Waals surface area contributed by atoms with Crippen LogP contribution < -0.4 is 15.0 Å². The highest BCUT2D eigenvalue weighted by molar-refractivity contribution is 7.14. The van der Waals surface area contributed by atoms with Gasteiger partial charge in [-0.05, 0) is 42.5 Å². The predicted molar refractivity (Wildman–Crippen MR) is 101 cm³/mol. The van der Waals surface area contributed by atoms with Gasteiger partial charge < -0.3 is 10.1 Å². The van der Waals surface area contributed by atoms with E-state index in [1.54, 1.807) is 36.8 Å². The summed E-state index contributed by atoms with van der Waals surface area (Å²) in [5.41, 5.74) is 1.33. The fourth-order valence-corrected chi connectivity index (χ4v) is 3.40. The zero-order valence-corrected chi connectivity index (χ0v) is 14.9. The van der Waals surface area contributed by atoms with Crippen LogP contribution in [0.3, 0.4) is 0 Å². The molecule has 27 heavy (non-hydrogen) atoms. The van der Waals surface area contributed by atoms with Crippen LogP contribution in [0.1, 0.15) is 31.1 Å². The lowest BCUT2D eigenvalue weighted by atomic mass is 10.1. The molecule has 2 heterocycles. The van der Waals surface area contributed by atoms with Crippen LogP contribution in [0.15, 0.2) is 54.0 Å². The van der Waals surface area contributed by atoms with E-state index < -0.39 is 11.8 Å². The van der Waals surface area contributed by atoms with Crippen LogP contribution in [0.5, 0.6) is 5.75 Å². The maximum atomic E-state index is 12.6. The number of carbonyl (C=O) groups is 3. The zero-order chi connectivity index (χ0) is 19.0. The van der Waals surface area contributed by atoms with E-state index in [1.807, 2.05) is 0 Å². The first-order valence-corrected chi connectivity index (χ1v) is 8.84. The number of nitrogens with zero attached hydrogens (tertiary/aromatic N) is 2. The molecule has 0 unspecified atom stereocenters. The van der Waals surface area contributed by atoms with Crippen molar-refractivity contribution in [1.82, 2.24) is 4.98 Å². The van der Waals surface area contributed by atoms with Gasteiger partial charge in [-0.15, -0.1) is 11.3 Å². The molecule has 0 radical (unpaired) electrons. The molecular formula is C19H13N3O4S. The van der Waals surface area contributed by atoms with Crippen molar-refractivity contribution in [3.05, 3.63) is 70.7 Å². The van der Waals surface area contributed by atoms with Crippen molar-refractivity contribution in [3.63, 3.8) is 0 Å². The first kappa shape index (κ1) is 16.9. The number of amides is 3. The molecule has 0 fully saturated rings. The smallest absolute Gasteiger partial charge is 0.268 e. The maximum absolute atomic E-state index is 12.6. The Hall–Kier alpha value is -3.52. The summed E-state index contributed by atoms with van der Waals surface area (Å²) in [4.78, 5) is 42.7. The van der Waals surface area contributed by atoms with E-state index in [0.717, 1.165) is 4.90 Å². The van der Waals surface area contributed by atoms with Gasteiger partial charge in [0.1, 0.15) is 5.75 Å². The highest BCUT2D eigenvalue weighted by atomic mass is 32.1. The standard InChI is InChI=1S/C19H13N3O4S/c1-26-13-5-3-12(4-6-13)21-16(23)11-2-7-14-15(10-11)18(25)22(17(14)24)19-20-8-9-27-19/h2-10H,1H3,(H,21,23). The van der Waals surface area contributed by atoms with Gasteiger partial charge in [0.25, 0.3) is 17.7 Å². The number of methoxy groups -OCH3 is 1. The molecule has 1 aliphatic heterocycles. The molecule has 1 N–H and O–H groups in total. The molecule has 0 spiro atoms. The molecule has 1 aliphatic rings. The summed E-state index contributed by atoms with van der Waals surface area (Å²) in [5, 5.41) is 4.75. The summed E-state index contributed by atoms with van der Waals surface area (Å²) in [7, 11) is 1.56. The Morgan fingerprint density at radius 1 is 1.07 bits per heavy atom. The molecule has 0 saturated heterocycles. The lowest BCUT2D eigenvalue weighted by molar-refractivity contribution is 0.0925. The summed E-state index contributed by atoms with van der Waals surface area (Å²) in [6.07, 6.45) is 1.53. The van der Waals surface area contributed by atoms with Crippen LogP contribution in [-0.2, 0) is 0 Å². The summed E-state index contributed by atoms with van der Waals surface area (Å²) in [6, 6.07) is 11.3. The molecule has 0 saturated carbocycles. The minimum atomic E-state index is -0.482. The van der Waals surface area contributed by atoms with Crippen molar-refractivity contribution >= 4 is 39.9 Å². The monoisotopic (exact) mass is 379 g/mol. The number of aromatic nitrogens is 1. The highest BCUT2D eigenvalue weighted by Crippen LogP contribution is 2.30. The van der Waals surface area contributed by atoms with Crippen molar-refractivity contribution in [3.8, 4) is 5.75 Å². The average Bonchev–Trinajstić information content (AvgIpc) is 3.29. The Morgan fingerprint density at radius 3 is 2.48 bits per heavy atom. The molecular weight excluding hydrogens is 366 g/mol. The molecule has 0 atom stereocenters. The van der Waals surface area contributed by atoms with Crippen molar-refractivity contribution in [2.45, 2.75) is 0 Å². The van der Waals surface area contributed by atoms with Crippen molar-refractivity contribution in [2.75, 3.05) is 17.3 Å². The number of nitrogens with one attached hydrogen (secondary N) is 1. The van der Waals surface area contributed by atoms with E-state index in [-0.39, 0.29) is 22.6 Å². The second-order valence-electron chi connectivity index (χ2n) is 5.70. The molecule has 7 nitrogen and oxygen atoms in total. The Bertz CT molecular complexity index is 1050. The molecule has 8 heteroatoms. The molecule has 3 amide bonds. The normalized spacial score (nSPS) is 12.9. The third-order valence-corrected chi connectivity index (χ3v) is 4.86. The predicted octanol–water partition coefficient (Wildman–Crippen LogP) is 3.20. The molecule has 1 aromatic heterocycles. The lowest BCUT2D eigenvalue weighted by Crippen LogP contribution is -2.29. The Kier molecular flexibility index (Phi) is 4.17. The van der Waals surface area contributed by atoms with E-state index in [2.05, 4.69) is 10.3 Å². The molecule has 134 valence electrons. The number of rotatable bonds is 4. The van der Waals surface area contributed by atoms with Crippen LogP contribution in [0.4, 0.5) is 10.8 Å². The third-order valence-electron chi connectivity index (χ3n) is 4.11. The molecule has 2 aromatic carbocycles. The average molecular weight is 379 g/mol. The minimum absolute atomic E-state index is 0.192. The van der Waals surface area contributed by atoms with Crippen LogP contribution in [0.25, 0.3) is 0 Å². The van der Waals surface area contributed by atoms with Crippen LogP contribution in [-0.4, -0.2) is 29.8 Å². The van der Waals surface area contributed by atoms with Crippen LogP contribution >= 0.6 is 11.3 Å². The molecule has 3 aromatic rings. The van der Waals surface area contributed by atoms with E-state index in [0.29, 0.717) is 16.6 Å². The summed E-state index contributed by atoms with van der Waals surface area (Å²) in [5.74, 6) is -0.621. The van der Waals surface area contributed by atoms with Gasteiger partial charge in [-0.2, -0.15) is 0 Å². The molecule has 0 aliphatic carbocycles. The fourth-order valence-electron chi connectivity index (χ4n) is 2.76. The number of hydrogen-bond donors (Lipinski definition) is 1. The second-order valence-corrected chi connectivity index (χ2v) is 6.58. The second kappa shape index (κ2) is 6.65. The number of thiazole rings is 1. The van der Waals surface area contributed by atoms with Gasteiger partial charge in [0.2, 0.25) is 0 Å². The summed E-state index contributed by atoms with van der Waals surface area (Å²) < 4.78 is 5.08. The Morgan fingerprint density at radius 2 is 1.81 bits per heavy atom. The van der Waals surface area contributed by atoms with Crippen LogP contribution in [0.2, 0.25) is 0 Å². The number of hydrogen-bond acceptors (Lipinski definition) is 6. The third kappa shape index (κ3) is 2.96. The van der Waals surface area contributed by atoms with Gasteiger partial charge in [0.05, 0.1) is 18.2 Å². The van der Waals surface area contributed by atoms with Gasteiger partial charge in [0, 0.05) is 22.8 Å². The van der Waals surface area contributed by atoms with Crippen molar-refractivity contribution in [1.29, 1.82) is 0 Å². The van der Waals surface area contributed by atoms with E-state index in [4.69, 9.17) is 4.74 Å².